The minimum absolute atomic E-state index is 0.129. The summed E-state index contributed by atoms with van der Waals surface area (Å²) in [7, 11) is 0. The van der Waals surface area contributed by atoms with Gasteiger partial charge in [0.2, 0.25) is 0 Å². The molecule has 0 bridgehead atoms. The van der Waals surface area contributed by atoms with E-state index in [2.05, 4.69) is 39.9 Å². The molecule has 0 radical (unpaired) electrons. The molecule has 4 nitrogen and oxygen atoms in total. The molecule has 4 heteroatoms. The maximum Gasteiger partial charge on any atom is 0.269 e. The van der Waals surface area contributed by atoms with Crippen molar-refractivity contribution >= 4 is 11.6 Å². The molecule has 3 rings (SSSR count). The number of carbonyl (C=O) groups is 1. The Kier molecular flexibility index (Phi) is 3.86. The molecule has 0 aliphatic heterocycles. The summed E-state index contributed by atoms with van der Waals surface area (Å²) in [6.45, 7) is 2.51. The summed E-state index contributed by atoms with van der Waals surface area (Å²) in [5.41, 5.74) is 4.22. The zero-order valence-corrected chi connectivity index (χ0v) is 12.1. The number of benzene rings is 1. The molecular formula is C17H19N3O. The Morgan fingerprint density at radius 2 is 1.95 bits per heavy atom. The average Bonchev–Trinajstić information content (AvgIpc) is 2.90. The molecule has 2 N–H and O–H groups in total. The van der Waals surface area contributed by atoms with Crippen molar-refractivity contribution in [3.8, 4) is 0 Å². The van der Waals surface area contributed by atoms with Gasteiger partial charge >= 0.3 is 0 Å². The third kappa shape index (κ3) is 3.05. The van der Waals surface area contributed by atoms with Gasteiger partial charge in [-0.15, -0.1) is 0 Å². The summed E-state index contributed by atoms with van der Waals surface area (Å²) in [4.78, 5) is 15.9. The van der Waals surface area contributed by atoms with Crippen LogP contribution in [0.4, 0.5) is 5.69 Å². The predicted molar refractivity (Wildman–Crippen MR) is 83.5 cm³/mol. The van der Waals surface area contributed by atoms with Gasteiger partial charge in [-0.25, -0.2) is 0 Å². The molecule has 1 heterocycles. The topological polar surface area (TPSA) is 54.0 Å². The maximum absolute atomic E-state index is 11.8. The van der Waals surface area contributed by atoms with Crippen molar-refractivity contribution in [1.29, 1.82) is 0 Å². The summed E-state index contributed by atoms with van der Waals surface area (Å²) in [6, 6.07) is 12.6. The number of amides is 1. The Morgan fingerprint density at radius 1 is 1.24 bits per heavy atom. The van der Waals surface area contributed by atoms with Crippen LogP contribution in [0.3, 0.4) is 0 Å². The van der Waals surface area contributed by atoms with Crippen LogP contribution in [-0.2, 0) is 12.8 Å². The van der Waals surface area contributed by atoms with Gasteiger partial charge < -0.3 is 10.6 Å². The third-order valence-corrected chi connectivity index (χ3v) is 3.75. The van der Waals surface area contributed by atoms with Gasteiger partial charge in [0.15, 0.2) is 0 Å². The summed E-state index contributed by atoms with van der Waals surface area (Å²) in [6.07, 6.45) is 3.72. The van der Waals surface area contributed by atoms with Gasteiger partial charge in [-0.05, 0) is 43.0 Å². The van der Waals surface area contributed by atoms with Crippen LogP contribution in [0.15, 0.2) is 42.6 Å². The zero-order valence-electron chi connectivity index (χ0n) is 12.1. The fourth-order valence-corrected chi connectivity index (χ4v) is 2.79. The van der Waals surface area contributed by atoms with Crippen molar-refractivity contribution in [3.05, 3.63) is 59.4 Å². The Labute approximate surface area is 124 Å². The molecule has 21 heavy (non-hydrogen) atoms. The van der Waals surface area contributed by atoms with Gasteiger partial charge in [-0.3, -0.25) is 9.78 Å². The number of fused-ring (bicyclic) bond motifs is 1. The van der Waals surface area contributed by atoms with E-state index in [1.54, 1.807) is 6.20 Å². The number of hydrogen-bond acceptors (Lipinski definition) is 3. The zero-order chi connectivity index (χ0) is 14.7. The largest absolute Gasteiger partial charge is 0.382 e. The molecule has 0 saturated carbocycles. The Bertz CT molecular complexity index is 629. The molecule has 1 aliphatic carbocycles. The van der Waals surface area contributed by atoms with E-state index in [0.29, 0.717) is 18.3 Å². The number of aromatic nitrogens is 1. The van der Waals surface area contributed by atoms with Gasteiger partial charge in [-0.1, -0.05) is 24.3 Å². The number of anilines is 1. The number of nitrogens with one attached hydrogen (secondary N) is 2. The smallest absolute Gasteiger partial charge is 0.269 e. The van der Waals surface area contributed by atoms with Gasteiger partial charge in [0, 0.05) is 24.5 Å². The Balaban J connectivity index is 1.69. The number of rotatable bonds is 4. The second kappa shape index (κ2) is 5.95. The third-order valence-electron chi connectivity index (χ3n) is 3.75. The molecule has 1 aromatic heterocycles. The number of carbonyl (C=O) groups excluding carboxylic acids is 1. The van der Waals surface area contributed by atoms with E-state index in [1.165, 1.54) is 11.1 Å². The van der Waals surface area contributed by atoms with Crippen molar-refractivity contribution in [3.63, 3.8) is 0 Å². The average molecular weight is 281 g/mol. The summed E-state index contributed by atoms with van der Waals surface area (Å²) in [5, 5.41) is 6.27. The molecule has 0 atom stereocenters. The molecular weight excluding hydrogens is 262 g/mol. The van der Waals surface area contributed by atoms with Gasteiger partial charge in [0.25, 0.3) is 5.91 Å². The van der Waals surface area contributed by atoms with Crippen molar-refractivity contribution in [2.75, 3.05) is 11.9 Å². The highest BCUT2D eigenvalue weighted by molar-refractivity contribution is 5.93. The molecule has 0 unspecified atom stereocenters. The van der Waals surface area contributed by atoms with Gasteiger partial charge in [0.1, 0.15) is 5.69 Å². The standard InChI is InChI=1S/C17H19N3O/c1-2-18-17(21)16-11-14(7-8-19-16)20-15-9-12-5-3-4-6-13(12)10-15/h3-8,11,15H,2,9-10H2,1H3,(H,18,21)(H,19,20). The summed E-state index contributed by atoms with van der Waals surface area (Å²) < 4.78 is 0. The van der Waals surface area contributed by atoms with Crippen molar-refractivity contribution in [2.24, 2.45) is 0 Å². The van der Waals surface area contributed by atoms with E-state index in [9.17, 15) is 4.79 Å². The van der Waals surface area contributed by atoms with Gasteiger partial charge in [0.05, 0.1) is 0 Å². The van der Waals surface area contributed by atoms with E-state index in [1.807, 2.05) is 19.1 Å². The highest BCUT2D eigenvalue weighted by atomic mass is 16.1. The molecule has 1 amide bonds. The van der Waals surface area contributed by atoms with Crippen LogP contribution < -0.4 is 10.6 Å². The van der Waals surface area contributed by atoms with Crippen molar-refractivity contribution < 1.29 is 4.79 Å². The second-order valence-electron chi connectivity index (χ2n) is 5.31. The Morgan fingerprint density at radius 3 is 2.62 bits per heavy atom. The van der Waals surface area contributed by atoms with Crippen molar-refractivity contribution in [1.82, 2.24) is 10.3 Å². The van der Waals surface area contributed by atoms with Crippen LogP contribution in [0, 0.1) is 0 Å². The summed E-state index contributed by atoms with van der Waals surface area (Å²) in [5.74, 6) is -0.129. The Hall–Kier alpha value is -2.36. The first-order valence-corrected chi connectivity index (χ1v) is 7.34. The maximum atomic E-state index is 11.8. The van der Waals surface area contributed by atoms with E-state index >= 15 is 0 Å². The first-order valence-electron chi connectivity index (χ1n) is 7.34. The molecule has 1 aliphatic rings. The van der Waals surface area contributed by atoms with Crippen LogP contribution >= 0.6 is 0 Å². The molecule has 0 fully saturated rings. The van der Waals surface area contributed by atoms with E-state index in [0.717, 1.165) is 18.5 Å². The highest BCUT2D eigenvalue weighted by Gasteiger charge is 2.20. The normalized spacial score (nSPS) is 13.8. The monoisotopic (exact) mass is 281 g/mol. The lowest BCUT2D eigenvalue weighted by Crippen LogP contribution is -2.24. The van der Waals surface area contributed by atoms with Crippen molar-refractivity contribution in [2.45, 2.75) is 25.8 Å². The van der Waals surface area contributed by atoms with Crippen LogP contribution in [0.2, 0.25) is 0 Å². The van der Waals surface area contributed by atoms with Crippen LogP contribution in [-0.4, -0.2) is 23.5 Å². The predicted octanol–water partition coefficient (Wildman–Crippen LogP) is 2.41. The van der Waals surface area contributed by atoms with Crippen LogP contribution in [0.25, 0.3) is 0 Å². The first kappa shape index (κ1) is 13.6. The van der Waals surface area contributed by atoms with Gasteiger partial charge in [-0.2, -0.15) is 0 Å². The molecule has 0 spiro atoms. The van der Waals surface area contributed by atoms with E-state index in [4.69, 9.17) is 0 Å². The second-order valence-corrected chi connectivity index (χ2v) is 5.31. The lowest BCUT2D eigenvalue weighted by molar-refractivity contribution is 0.0951. The minimum Gasteiger partial charge on any atom is -0.382 e. The highest BCUT2D eigenvalue weighted by Crippen LogP contribution is 2.24. The lowest BCUT2D eigenvalue weighted by atomic mass is 10.1. The van der Waals surface area contributed by atoms with Crippen LogP contribution in [0.1, 0.15) is 28.5 Å². The quantitative estimate of drug-likeness (QED) is 0.905. The summed E-state index contributed by atoms with van der Waals surface area (Å²) >= 11 is 0. The fourth-order valence-electron chi connectivity index (χ4n) is 2.79. The lowest BCUT2D eigenvalue weighted by Gasteiger charge is -2.14. The van der Waals surface area contributed by atoms with E-state index in [-0.39, 0.29) is 5.91 Å². The minimum atomic E-state index is -0.129. The van der Waals surface area contributed by atoms with E-state index < -0.39 is 0 Å². The fraction of sp³-hybridized carbons (Fsp3) is 0.294. The first-order chi connectivity index (χ1) is 10.3. The molecule has 1 aromatic carbocycles. The number of hydrogen-bond donors (Lipinski definition) is 2. The molecule has 0 saturated heterocycles. The number of nitrogens with zero attached hydrogens (tertiary/aromatic N) is 1. The molecule has 108 valence electrons. The SMILES string of the molecule is CCNC(=O)c1cc(NC2Cc3ccccc3C2)ccn1. The van der Waals surface area contributed by atoms with Crippen LogP contribution in [0.5, 0.6) is 0 Å². The number of pyridine rings is 1. The molecule has 2 aromatic rings.